The highest BCUT2D eigenvalue weighted by molar-refractivity contribution is 7.89. The molecule has 13 heteroatoms. The molecule has 1 aliphatic rings. The van der Waals surface area contributed by atoms with E-state index in [9.17, 15) is 26.4 Å². The molecule has 0 saturated carbocycles. The summed E-state index contributed by atoms with van der Waals surface area (Å²) in [6, 6.07) is 8.11. The van der Waals surface area contributed by atoms with E-state index >= 15 is 0 Å². The maximum Gasteiger partial charge on any atom is 0.416 e. The molecule has 2 aromatic carbocycles. The van der Waals surface area contributed by atoms with Crippen molar-refractivity contribution >= 4 is 21.6 Å². The topological polar surface area (TPSA) is 106 Å². The fraction of sp³-hybridized carbons (Fsp3) is 0.250. The molecule has 1 fully saturated rings. The first-order valence-corrected chi connectivity index (χ1v) is 11.2. The second-order valence-corrected chi connectivity index (χ2v) is 9.01. The van der Waals surface area contributed by atoms with Gasteiger partial charge in [-0.3, -0.25) is 4.79 Å². The predicted octanol–water partition coefficient (Wildman–Crippen LogP) is 2.56. The number of sulfonamides is 1. The summed E-state index contributed by atoms with van der Waals surface area (Å²) in [4.78, 5) is 16.6. The van der Waals surface area contributed by atoms with Gasteiger partial charge in [-0.25, -0.2) is 18.1 Å². The fourth-order valence-corrected chi connectivity index (χ4v) is 4.73. The molecule has 0 unspecified atom stereocenters. The van der Waals surface area contributed by atoms with Crippen molar-refractivity contribution in [2.45, 2.75) is 11.1 Å². The van der Waals surface area contributed by atoms with Crippen LogP contribution in [0, 0.1) is 0 Å². The van der Waals surface area contributed by atoms with Gasteiger partial charge in [0.05, 0.1) is 35.0 Å². The molecule has 0 spiro atoms. The first kappa shape index (κ1) is 22.9. The second-order valence-electron chi connectivity index (χ2n) is 7.07. The van der Waals surface area contributed by atoms with E-state index in [1.54, 1.807) is 0 Å². The number of halogens is 3. The Morgan fingerprint density at radius 2 is 1.85 bits per heavy atom. The van der Waals surface area contributed by atoms with Crippen LogP contribution in [-0.2, 0) is 20.9 Å². The summed E-state index contributed by atoms with van der Waals surface area (Å²) in [6.07, 6.45) is -2.16. The van der Waals surface area contributed by atoms with E-state index in [2.05, 4.69) is 15.4 Å². The maximum atomic E-state index is 13.2. The number of hydrogen-bond acceptors (Lipinski definition) is 6. The molecule has 33 heavy (non-hydrogen) atoms. The lowest BCUT2D eigenvalue weighted by Crippen LogP contribution is -2.40. The van der Waals surface area contributed by atoms with E-state index in [-0.39, 0.29) is 48.1 Å². The first-order chi connectivity index (χ1) is 15.7. The lowest BCUT2D eigenvalue weighted by Gasteiger charge is -2.26. The van der Waals surface area contributed by atoms with Gasteiger partial charge in [-0.05, 0) is 36.4 Å². The van der Waals surface area contributed by atoms with Crippen LogP contribution in [0.25, 0.3) is 5.69 Å². The summed E-state index contributed by atoms with van der Waals surface area (Å²) < 4.78 is 73.1. The summed E-state index contributed by atoms with van der Waals surface area (Å²) in [5.74, 6) is -0.783. The SMILES string of the molecule is O=C(Nc1cc(C(F)(F)F)ccc1-n1cncn1)c1cccc(S(=O)(=O)N2CCOCC2)c1. The van der Waals surface area contributed by atoms with Crippen LogP contribution in [0.1, 0.15) is 15.9 Å². The Morgan fingerprint density at radius 3 is 2.52 bits per heavy atom. The van der Waals surface area contributed by atoms with Crippen LogP contribution in [-0.4, -0.2) is 59.7 Å². The molecule has 1 aliphatic heterocycles. The number of morpholine rings is 1. The van der Waals surface area contributed by atoms with Crippen LogP contribution in [0.15, 0.2) is 60.0 Å². The number of rotatable bonds is 5. The van der Waals surface area contributed by atoms with E-state index in [1.165, 1.54) is 45.9 Å². The zero-order chi connectivity index (χ0) is 23.6. The van der Waals surface area contributed by atoms with Gasteiger partial charge in [0.2, 0.25) is 10.0 Å². The van der Waals surface area contributed by atoms with Crippen LogP contribution in [0.2, 0.25) is 0 Å². The number of aromatic nitrogens is 3. The number of ether oxygens (including phenoxy) is 1. The van der Waals surface area contributed by atoms with Gasteiger partial charge in [0.15, 0.2) is 0 Å². The quantitative estimate of drug-likeness (QED) is 0.601. The van der Waals surface area contributed by atoms with Gasteiger partial charge in [-0.15, -0.1) is 0 Å². The Morgan fingerprint density at radius 1 is 1.09 bits per heavy atom. The molecule has 3 aromatic rings. The van der Waals surface area contributed by atoms with E-state index in [4.69, 9.17) is 4.74 Å². The molecule has 1 aromatic heterocycles. The largest absolute Gasteiger partial charge is 0.416 e. The molecule has 1 amide bonds. The minimum Gasteiger partial charge on any atom is -0.379 e. The third kappa shape index (κ3) is 4.89. The van der Waals surface area contributed by atoms with Gasteiger partial charge in [-0.1, -0.05) is 6.07 Å². The fourth-order valence-electron chi connectivity index (χ4n) is 3.27. The third-order valence-corrected chi connectivity index (χ3v) is 6.84. The average Bonchev–Trinajstić information content (AvgIpc) is 3.34. The number of alkyl halides is 3. The van der Waals surface area contributed by atoms with Gasteiger partial charge >= 0.3 is 6.18 Å². The molecule has 0 aliphatic carbocycles. The highest BCUT2D eigenvalue weighted by atomic mass is 32.2. The second kappa shape index (κ2) is 8.92. The summed E-state index contributed by atoms with van der Waals surface area (Å²) in [7, 11) is -3.86. The summed E-state index contributed by atoms with van der Waals surface area (Å²) >= 11 is 0. The van der Waals surface area contributed by atoms with Crippen molar-refractivity contribution in [2.24, 2.45) is 0 Å². The van der Waals surface area contributed by atoms with Crippen molar-refractivity contribution < 1.29 is 31.1 Å². The van der Waals surface area contributed by atoms with Crippen molar-refractivity contribution in [1.82, 2.24) is 19.1 Å². The predicted molar refractivity (Wildman–Crippen MR) is 110 cm³/mol. The molecule has 174 valence electrons. The normalized spacial score (nSPS) is 15.4. The van der Waals surface area contributed by atoms with Crippen LogP contribution >= 0.6 is 0 Å². The van der Waals surface area contributed by atoms with Gasteiger partial charge in [0, 0.05) is 18.7 Å². The molecule has 1 N–H and O–H groups in total. The standard InChI is InChI=1S/C20H18F3N5O4S/c21-20(22,23)15-4-5-18(28-13-24-12-25-28)17(11-15)26-19(29)14-2-1-3-16(10-14)33(30,31)27-6-8-32-9-7-27/h1-5,10-13H,6-9H2,(H,26,29). The van der Waals surface area contributed by atoms with E-state index < -0.39 is 27.7 Å². The molecule has 0 bridgehead atoms. The summed E-state index contributed by atoms with van der Waals surface area (Å²) in [6.45, 7) is 0.897. The number of amides is 1. The molecular weight excluding hydrogens is 463 g/mol. The maximum absolute atomic E-state index is 13.2. The lowest BCUT2D eigenvalue weighted by atomic mass is 10.1. The zero-order valence-corrected chi connectivity index (χ0v) is 17.8. The molecular formula is C20H18F3N5O4S. The molecule has 0 radical (unpaired) electrons. The van der Waals surface area contributed by atoms with E-state index in [0.29, 0.717) is 0 Å². The molecule has 4 rings (SSSR count). The molecule has 9 nitrogen and oxygen atoms in total. The van der Waals surface area contributed by atoms with Crippen molar-refractivity contribution in [1.29, 1.82) is 0 Å². The minimum atomic E-state index is -4.63. The summed E-state index contributed by atoms with van der Waals surface area (Å²) in [5.41, 5.74) is -1.01. The van der Waals surface area contributed by atoms with Gasteiger partial charge < -0.3 is 10.1 Å². The van der Waals surface area contributed by atoms with Crippen LogP contribution < -0.4 is 5.32 Å². The zero-order valence-electron chi connectivity index (χ0n) is 17.0. The van der Waals surface area contributed by atoms with Crippen LogP contribution in [0.5, 0.6) is 0 Å². The van der Waals surface area contributed by atoms with Gasteiger partial charge in [0.1, 0.15) is 12.7 Å². The lowest BCUT2D eigenvalue weighted by molar-refractivity contribution is -0.137. The van der Waals surface area contributed by atoms with Crippen LogP contribution in [0.3, 0.4) is 0 Å². The molecule has 2 heterocycles. The Kier molecular flexibility index (Phi) is 6.19. The minimum absolute atomic E-state index is 0.0358. The smallest absolute Gasteiger partial charge is 0.379 e. The highest BCUT2D eigenvalue weighted by Gasteiger charge is 2.32. The summed E-state index contributed by atoms with van der Waals surface area (Å²) in [5, 5.41) is 6.32. The Bertz CT molecular complexity index is 1260. The molecule has 1 saturated heterocycles. The number of carbonyl (C=O) groups excluding carboxylic acids is 1. The van der Waals surface area contributed by atoms with Crippen molar-refractivity contribution in [2.75, 3.05) is 31.6 Å². The number of anilines is 1. The van der Waals surface area contributed by atoms with E-state index in [0.717, 1.165) is 18.2 Å². The number of benzene rings is 2. The van der Waals surface area contributed by atoms with Crippen LogP contribution in [0.4, 0.5) is 18.9 Å². The van der Waals surface area contributed by atoms with Crippen molar-refractivity contribution in [3.63, 3.8) is 0 Å². The highest BCUT2D eigenvalue weighted by Crippen LogP contribution is 2.33. The number of hydrogen-bond donors (Lipinski definition) is 1. The number of nitrogens with one attached hydrogen (secondary N) is 1. The Hall–Kier alpha value is -3.29. The third-order valence-electron chi connectivity index (χ3n) is 4.94. The Balaban J connectivity index is 1.65. The monoisotopic (exact) mass is 481 g/mol. The first-order valence-electron chi connectivity index (χ1n) is 9.72. The number of carbonyl (C=O) groups is 1. The number of nitrogens with zero attached hydrogens (tertiary/aromatic N) is 4. The van der Waals surface area contributed by atoms with Gasteiger partial charge in [0.25, 0.3) is 5.91 Å². The molecule has 0 atom stereocenters. The van der Waals surface area contributed by atoms with E-state index in [1.807, 2.05) is 0 Å². The van der Waals surface area contributed by atoms with Crippen molar-refractivity contribution in [3.8, 4) is 5.69 Å². The van der Waals surface area contributed by atoms with Gasteiger partial charge in [-0.2, -0.15) is 22.6 Å². The van der Waals surface area contributed by atoms with Crippen molar-refractivity contribution in [3.05, 3.63) is 66.2 Å². The average molecular weight is 481 g/mol. The Labute approximate surface area is 186 Å².